The molecule has 1 aliphatic carbocycles. The average molecular weight is 498 g/mol. The molecule has 200 valence electrons. The van der Waals surface area contributed by atoms with Crippen LogP contribution in [-0.4, -0.2) is 39.4 Å². The number of piperidine rings is 1. The Morgan fingerprint density at radius 1 is 1.19 bits per heavy atom. The summed E-state index contributed by atoms with van der Waals surface area (Å²) in [5.74, 6) is 0.867. The topological polar surface area (TPSA) is 82.5 Å². The number of amides is 1. The maximum absolute atomic E-state index is 12.6. The first-order chi connectivity index (χ1) is 17.6. The number of nitrogens with zero attached hydrogens (tertiary/aromatic N) is 2. The number of hydrogen-bond acceptors (Lipinski definition) is 5. The first kappa shape index (κ1) is 28.5. The predicted molar refractivity (Wildman–Crippen MR) is 144 cm³/mol. The van der Waals surface area contributed by atoms with Crippen molar-refractivity contribution in [2.75, 3.05) is 6.54 Å². The van der Waals surface area contributed by atoms with Crippen LogP contribution in [0.4, 0.5) is 0 Å². The van der Waals surface area contributed by atoms with E-state index in [0.717, 1.165) is 89.2 Å². The van der Waals surface area contributed by atoms with Crippen LogP contribution in [0.25, 0.3) is 0 Å². The number of aromatic nitrogens is 1. The average Bonchev–Trinajstić information content (AvgIpc) is 3.25. The van der Waals surface area contributed by atoms with Crippen LogP contribution in [0, 0.1) is 11.8 Å². The lowest BCUT2D eigenvalue weighted by atomic mass is 9.89. The zero-order chi connectivity index (χ0) is 25.6. The van der Waals surface area contributed by atoms with Crippen LogP contribution in [0.1, 0.15) is 115 Å². The minimum atomic E-state index is -0.386. The molecule has 1 amide bonds. The molecule has 1 aromatic rings. The number of ketones is 1. The zero-order valence-corrected chi connectivity index (χ0v) is 22.2. The molecular formula is C30H47N3O3. The summed E-state index contributed by atoms with van der Waals surface area (Å²) in [7, 11) is 0. The number of unbranched alkanes of at least 4 members (excludes halogenated alkanes) is 5. The number of allylic oxidation sites excluding steroid dienone is 1. The number of Topliss-reactive ketones (excluding diaryl/α,β-unsaturated/α-hetero) is 1. The lowest BCUT2D eigenvalue weighted by Gasteiger charge is -2.35. The molecule has 0 bridgehead atoms. The maximum Gasteiger partial charge on any atom is 0.234 e. The highest BCUT2D eigenvalue weighted by molar-refractivity contribution is 5.83. The van der Waals surface area contributed by atoms with Gasteiger partial charge in [0.1, 0.15) is 5.78 Å². The zero-order valence-electron chi connectivity index (χ0n) is 22.2. The van der Waals surface area contributed by atoms with E-state index < -0.39 is 0 Å². The summed E-state index contributed by atoms with van der Waals surface area (Å²) < 4.78 is 0. The van der Waals surface area contributed by atoms with E-state index in [-0.39, 0.29) is 29.9 Å². The molecule has 1 saturated carbocycles. The number of rotatable bonds is 15. The Morgan fingerprint density at radius 3 is 2.86 bits per heavy atom. The molecule has 6 heteroatoms. The van der Waals surface area contributed by atoms with Crippen LogP contribution in [0.2, 0.25) is 0 Å². The first-order valence-corrected chi connectivity index (χ1v) is 14.4. The highest BCUT2D eigenvalue weighted by Crippen LogP contribution is 2.34. The van der Waals surface area contributed by atoms with Gasteiger partial charge in [0.05, 0.1) is 12.1 Å². The summed E-state index contributed by atoms with van der Waals surface area (Å²) >= 11 is 0. The second-order valence-electron chi connectivity index (χ2n) is 10.7. The van der Waals surface area contributed by atoms with Gasteiger partial charge in [0.2, 0.25) is 5.91 Å². The van der Waals surface area contributed by atoms with Gasteiger partial charge in [-0.3, -0.25) is 20.0 Å². The fourth-order valence-corrected chi connectivity index (χ4v) is 5.71. The number of pyridine rings is 1. The molecule has 36 heavy (non-hydrogen) atoms. The summed E-state index contributed by atoms with van der Waals surface area (Å²) in [6.45, 7) is 3.05. The lowest BCUT2D eigenvalue weighted by molar-refractivity contribution is -0.128. The number of carbonyl (C=O) groups is 2. The minimum absolute atomic E-state index is 0.0967. The molecule has 0 radical (unpaired) electrons. The normalized spacial score (nSPS) is 23.8. The Hall–Kier alpha value is -2.05. The van der Waals surface area contributed by atoms with Gasteiger partial charge in [-0.25, -0.2) is 5.01 Å². The van der Waals surface area contributed by atoms with Crippen molar-refractivity contribution in [2.24, 2.45) is 11.8 Å². The molecule has 1 aliphatic heterocycles. The SMILES string of the molecule is CCCCC[C@H](O)C=C[C@@H]1CCC(=O)[C@@H]1CCCCCCC(=O)NN1CCCC[C@@H]1c1cccnc1. The van der Waals surface area contributed by atoms with Crippen molar-refractivity contribution in [1.82, 2.24) is 15.4 Å². The van der Waals surface area contributed by atoms with Gasteiger partial charge in [-0.2, -0.15) is 0 Å². The number of aliphatic hydroxyl groups is 1. The lowest BCUT2D eigenvalue weighted by Crippen LogP contribution is -2.46. The van der Waals surface area contributed by atoms with Gasteiger partial charge in [-0.05, 0) is 56.1 Å². The van der Waals surface area contributed by atoms with Crippen molar-refractivity contribution in [3.63, 3.8) is 0 Å². The smallest absolute Gasteiger partial charge is 0.234 e. The van der Waals surface area contributed by atoms with Gasteiger partial charge in [-0.15, -0.1) is 0 Å². The Kier molecular flexibility index (Phi) is 12.6. The molecule has 4 atom stereocenters. The molecule has 0 spiro atoms. The Bertz CT molecular complexity index is 813. The Labute approximate surface area is 217 Å². The van der Waals surface area contributed by atoms with Crippen molar-refractivity contribution in [3.05, 3.63) is 42.2 Å². The van der Waals surface area contributed by atoms with Crippen molar-refractivity contribution in [3.8, 4) is 0 Å². The van der Waals surface area contributed by atoms with Gasteiger partial charge in [-0.1, -0.05) is 70.1 Å². The molecule has 3 rings (SSSR count). The molecule has 2 heterocycles. The number of carbonyl (C=O) groups excluding carboxylic acids is 2. The number of hydrogen-bond donors (Lipinski definition) is 2. The van der Waals surface area contributed by atoms with E-state index in [1.54, 1.807) is 6.20 Å². The largest absolute Gasteiger partial charge is 0.389 e. The van der Waals surface area contributed by atoms with Crippen molar-refractivity contribution in [2.45, 2.75) is 115 Å². The molecule has 1 aromatic heterocycles. The monoisotopic (exact) mass is 497 g/mol. The quantitative estimate of drug-likeness (QED) is 0.227. The van der Waals surface area contributed by atoms with Gasteiger partial charge >= 0.3 is 0 Å². The van der Waals surface area contributed by atoms with Crippen molar-refractivity contribution >= 4 is 11.7 Å². The van der Waals surface area contributed by atoms with E-state index in [9.17, 15) is 14.7 Å². The highest BCUT2D eigenvalue weighted by atomic mass is 16.3. The summed E-state index contributed by atoms with van der Waals surface area (Å²) in [4.78, 5) is 29.2. The number of nitrogens with one attached hydrogen (secondary N) is 1. The van der Waals surface area contributed by atoms with Crippen molar-refractivity contribution in [1.29, 1.82) is 0 Å². The van der Waals surface area contributed by atoms with Crippen LogP contribution in [0.3, 0.4) is 0 Å². The van der Waals surface area contributed by atoms with Crippen LogP contribution in [0.15, 0.2) is 36.7 Å². The van der Waals surface area contributed by atoms with Gasteiger partial charge in [0.25, 0.3) is 0 Å². The first-order valence-electron chi connectivity index (χ1n) is 14.4. The van der Waals surface area contributed by atoms with Gasteiger partial charge < -0.3 is 5.11 Å². The van der Waals surface area contributed by atoms with Crippen molar-refractivity contribution < 1.29 is 14.7 Å². The van der Waals surface area contributed by atoms with E-state index >= 15 is 0 Å². The summed E-state index contributed by atoms with van der Waals surface area (Å²) in [6, 6.07) is 4.26. The fourth-order valence-electron chi connectivity index (χ4n) is 5.71. The van der Waals surface area contributed by atoms with Crippen LogP contribution in [0.5, 0.6) is 0 Å². The molecule has 0 unspecified atom stereocenters. The Morgan fingerprint density at radius 2 is 2.06 bits per heavy atom. The maximum atomic E-state index is 12.6. The molecular weight excluding hydrogens is 450 g/mol. The fraction of sp³-hybridized carbons (Fsp3) is 0.700. The van der Waals surface area contributed by atoms with Crippen LogP contribution in [-0.2, 0) is 9.59 Å². The minimum Gasteiger partial charge on any atom is -0.389 e. The highest BCUT2D eigenvalue weighted by Gasteiger charge is 2.32. The van der Waals surface area contributed by atoms with Crippen LogP contribution < -0.4 is 5.43 Å². The molecule has 2 fully saturated rings. The van der Waals surface area contributed by atoms with E-state index in [1.165, 1.54) is 6.42 Å². The molecule has 2 aliphatic rings. The third kappa shape index (κ3) is 9.44. The molecule has 2 N–H and O–H groups in total. The number of aliphatic hydroxyl groups excluding tert-OH is 1. The van der Waals surface area contributed by atoms with E-state index in [2.05, 4.69) is 34.5 Å². The Balaban J connectivity index is 1.31. The molecule has 0 aromatic carbocycles. The van der Waals surface area contributed by atoms with Gasteiger partial charge in [0.15, 0.2) is 0 Å². The van der Waals surface area contributed by atoms with E-state index in [0.29, 0.717) is 18.6 Å². The van der Waals surface area contributed by atoms with Gasteiger partial charge in [0, 0.05) is 37.7 Å². The van der Waals surface area contributed by atoms with Crippen LogP contribution >= 0.6 is 0 Å². The second-order valence-corrected chi connectivity index (χ2v) is 10.7. The summed E-state index contributed by atoms with van der Waals surface area (Å²) in [5, 5.41) is 12.3. The predicted octanol–water partition coefficient (Wildman–Crippen LogP) is 6.07. The molecule has 1 saturated heterocycles. The molecule has 6 nitrogen and oxygen atoms in total. The summed E-state index contributed by atoms with van der Waals surface area (Å²) in [5.41, 5.74) is 4.31. The van der Waals surface area contributed by atoms with E-state index in [1.807, 2.05) is 18.3 Å². The third-order valence-corrected chi connectivity index (χ3v) is 7.85. The van der Waals surface area contributed by atoms with E-state index in [4.69, 9.17) is 0 Å². The number of hydrazine groups is 1. The standard InChI is InChI=1S/C30H47N3O3/c1-2-3-6-13-26(34)19-17-24-18-20-29(35)27(24)14-7-4-5-8-16-30(36)32-33-22-10-9-15-28(33)25-12-11-21-31-23-25/h11-12,17,19,21,23-24,26-28,34H,2-10,13-16,18,20,22H2,1H3,(H,32,36)/t24-,26+,27-,28-/m1/s1. The third-order valence-electron chi connectivity index (χ3n) is 7.85. The second kappa shape index (κ2) is 15.9. The summed E-state index contributed by atoms with van der Waals surface area (Å²) in [6.07, 6.45) is 21.8.